The van der Waals surface area contributed by atoms with E-state index in [1.165, 1.54) is 0 Å². The molecule has 0 saturated carbocycles. The van der Waals surface area contributed by atoms with Crippen LogP contribution < -0.4 is 10.6 Å². The Balaban J connectivity index is 0.00000361. The monoisotopic (exact) mass is 262 g/mol. The Bertz CT molecular complexity index is 488. The number of hydrogen-bond acceptors (Lipinski definition) is 3. The zero-order valence-electron chi connectivity index (χ0n) is 10.7. The maximum Gasteiger partial charge on any atom is 0.293 e. The fraction of sp³-hybridized carbons (Fsp3) is 0.214. The zero-order valence-corrected chi connectivity index (χ0v) is 10.7. The van der Waals surface area contributed by atoms with Crippen molar-refractivity contribution in [3.05, 3.63) is 42.5 Å². The highest BCUT2D eigenvalue weighted by Gasteiger charge is 2.23. The van der Waals surface area contributed by atoms with Crippen molar-refractivity contribution >= 4 is 23.8 Å². The molecule has 0 aromatic heterocycles. The molecule has 1 rings (SSSR count). The topological polar surface area (TPSA) is 75.3 Å². The summed E-state index contributed by atoms with van der Waals surface area (Å²) in [5, 5.41) is 4.74. The van der Waals surface area contributed by atoms with Gasteiger partial charge < -0.3 is 10.6 Å². The predicted molar refractivity (Wildman–Crippen MR) is 74.0 cm³/mol. The lowest BCUT2D eigenvalue weighted by Gasteiger charge is -2.13. The Morgan fingerprint density at radius 2 is 2.00 bits per heavy atom. The van der Waals surface area contributed by atoms with Gasteiger partial charge in [0, 0.05) is 7.12 Å². The molecule has 0 aliphatic heterocycles. The Morgan fingerprint density at radius 3 is 2.53 bits per heavy atom. The van der Waals surface area contributed by atoms with Gasteiger partial charge >= 0.3 is 0 Å². The van der Waals surface area contributed by atoms with Gasteiger partial charge in [-0.05, 0) is 12.0 Å². The minimum atomic E-state index is -0.805. The van der Waals surface area contributed by atoms with Crippen LogP contribution in [0.5, 0.6) is 0 Å². The Labute approximate surface area is 113 Å². The van der Waals surface area contributed by atoms with E-state index in [2.05, 4.69) is 17.2 Å². The van der Waals surface area contributed by atoms with Crippen molar-refractivity contribution in [2.24, 2.45) is 0 Å². The number of ketones is 1. The summed E-state index contributed by atoms with van der Waals surface area (Å²) in [4.78, 5) is 33.8. The van der Waals surface area contributed by atoms with Gasteiger partial charge in [0.25, 0.3) is 5.91 Å². The minimum Gasteiger partial charge on any atom is -0.348 e. The highest BCUT2D eigenvalue weighted by Crippen LogP contribution is 2.08. The second-order valence-corrected chi connectivity index (χ2v) is 3.91. The van der Waals surface area contributed by atoms with E-state index < -0.39 is 17.7 Å². The largest absolute Gasteiger partial charge is 0.348 e. The van der Waals surface area contributed by atoms with Gasteiger partial charge in [0.15, 0.2) is 0 Å². The molecule has 1 aromatic carbocycles. The number of rotatable bonds is 7. The average Bonchev–Trinajstić information content (AvgIpc) is 2.44. The summed E-state index contributed by atoms with van der Waals surface area (Å²) >= 11 is 0. The molecule has 0 aliphatic rings. The lowest BCUT2D eigenvalue weighted by molar-refractivity contribution is -0.138. The lowest BCUT2D eigenvalue weighted by Crippen LogP contribution is -2.44. The molecule has 0 aliphatic carbocycles. The third-order valence-electron chi connectivity index (χ3n) is 2.60. The molecule has 0 unspecified atom stereocenters. The molecule has 0 fully saturated rings. The third-order valence-corrected chi connectivity index (χ3v) is 2.60. The van der Waals surface area contributed by atoms with Crippen LogP contribution in [0.15, 0.2) is 36.9 Å². The van der Waals surface area contributed by atoms with Crippen LogP contribution in [0, 0.1) is 0 Å². The first-order valence-electron chi connectivity index (χ1n) is 5.89. The van der Waals surface area contributed by atoms with Crippen LogP contribution in [0.3, 0.4) is 0 Å². The third kappa shape index (κ3) is 4.06. The SMILES string of the molecule is C=C(NC(=O)C(=O)[C@H](CC)NC=O)c1ccccc1.[HH]. The summed E-state index contributed by atoms with van der Waals surface area (Å²) in [6.07, 6.45) is 0.758. The van der Waals surface area contributed by atoms with Crippen LogP contribution in [0.4, 0.5) is 0 Å². The van der Waals surface area contributed by atoms with Crippen molar-refractivity contribution in [1.82, 2.24) is 10.6 Å². The van der Waals surface area contributed by atoms with Crippen molar-refractivity contribution in [3.8, 4) is 0 Å². The van der Waals surface area contributed by atoms with Crippen LogP contribution in [0.1, 0.15) is 20.3 Å². The van der Waals surface area contributed by atoms with Crippen molar-refractivity contribution in [1.29, 1.82) is 0 Å². The maximum atomic E-state index is 11.8. The van der Waals surface area contributed by atoms with Gasteiger partial charge in [0.2, 0.25) is 12.2 Å². The molecule has 2 N–H and O–H groups in total. The van der Waals surface area contributed by atoms with Gasteiger partial charge in [-0.3, -0.25) is 14.4 Å². The molecule has 1 atom stereocenters. The summed E-state index contributed by atoms with van der Waals surface area (Å²) < 4.78 is 0. The number of Topliss-reactive ketones (excluding diaryl/α,β-unsaturated/α-hetero) is 1. The quantitative estimate of drug-likeness (QED) is 0.571. The fourth-order valence-corrected chi connectivity index (χ4v) is 1.53. The van der Waals surface area contributed by atoms with E-state index in [9.17, 15) is 14.4 Å². The van der Waals surface area contributed by atoms with Gasteiger partial charge in [-0.25, -0.2) is 0 Å². The van der Waals surface area contributed by atoms with E-state index in [0.717, 1.165) is 5.56 Å². The predicted octanol–water partition coefficient (Wildman–Crippen LogP) is 1.11. The van der Waals surface area contributed by atoms with Gasteiger partial charge in [-0.1, -0.05) is 43.8 Å². The molecule has 102 valence electrons. The number of nitrogens with one attached hydrogen (secondary N) is 2. The first kappa shape index (κ1) is 14.6. The summed E-state index contributed by atoms with van der Waals surface area (Å²) in [5.74, 6) is -1.47. The van der Waals surface area contributed by atoms with Crippen LogP contribution in [0.2, 0.25) is 0 Å². The molecule has 19 heavy (non-hydrogen) atoms. The first-order chi connectivity index (χ1) is 9.10. The Morgan fingerprint density at radius 1 is 1.37 bits per heavy atom. The van der Waals surface area contributed by atoms with Crippen LogP contribution in [0.25, 0.3) is 5.70 Å². The molecule has 0 radical (unpaired) electrons. The van der Waals surface area contributed by atoms with Crippen LogP contribution in [-0.2, 0) is 14.4 Å². The standard InChI is InChI=1S/C14H16N2O3.H2/c1-3-12(15-9-17)13(18)14(19)16-10(2)11-7-5-4-6-8-11;/h4-9,12H,2-3H2,1H3,(H,15,17)(H,16,19);1H/t12-;/m0./s1. The molecular weight excluding hydrogens is 244 g/mol. The summed E-state index contributed by atoms with van der Waals surface area (Å²) in [7, 11) is 0. The molecule has 0 bridgehead atoms. The molecule has 5 nitrogen and oxygen atoms in total. The van der Waals surface area contributed by atoms with E-state index in [0.29, 0.717) is 18.5 Å². The normalized spacial score (nSPS) is 11.2. The molecule has 2 amide bonds. The van der Waals surface area contributed by atoms with Gasteiger partial charge in [0.1, 0.15) is 0 Å². The Hall–Kier alpha value is -2.43. The molecule has 0 heterocycles. The van der Waals surface area contributed by atoms with Gasteiger partial charge in [-0.2, -0.15) is 0 Å². The Kier molecular flexibility index (Phi) is 5.47. The van der Waals surface area contributed by atoms with Gasteiger partial charge in [-0.15, -0.1) is 0 Å². The minimum absolute atomic E-state index is 0. The van der Waals surface area contributed by atoms with E-state index in [1.54, 1.807) is 31.2 Å². The molecule has 1 aromatic rings. The molecular formula is C14H18N2O3. The average molecular weight is 262 g/mol. The number of hydrogen-bond donors (Lipinski definition) is 2. The summed E-state index contributed by atoms with van der Waals surface area (Å²) in [6, 6.07) is 8.18. The zero-order chi connectivity index (χ0) is 14.3. The van der Waals surface area contributed by atoms with Crippen molar-refractivity contribution in [2.45, 2.75) is 19.4 Å². The molecule has 0 spiro atoms. The molecule has 5 heteroatoms. The van der Waals surface area contributed by atoms with Crippen molar-refractivity contribution < 1.29 is 15.8 Å². The van der Waals surface area contributed by atoms with E-state index >= 15 is 0 Å². The smallest absolute Gasteiger partial charge is 0.293 e. The van der Waals surface area contributed by atoms with E-state index in [-0.39, 0.29) is 1.43 Å². The van der Waals surface area contributed by atoms with Crippen molar-refractivity contribution in [3.63, 3.8) is 0 Å². The number of carbonyl (C=O) groups excluding carboxylic acids is 3. The first-order valence-corrected chi connectivity index (χ1v) is 5.89. The summed E-state index contributed by atoms with van der Waals surface area (Å²) in [6.45, 7) is 5.41. The fourth-order valence-electron chi connectivity index (χ4n) is 1.53. The second-order valence-electron chi connectivity index (χ2n) is 3.91. The van der Waals surface area contributed by atoms with Crippen LogP contribution >= 0.6 is 0 Å². The summed E-state index contributed by atoms with van der Waals surface area (Å²) in [5.41, 5.74) is 1.07. The van der Waals surface area contributed by atoms with E-state index in [4.69, 9.17) is 0 Å². The maximum absolute atomic E-state index is 11.8. The number of benzene rings is 1. The molecule has 0 saturated heterocycles. The number of carbonyl (C=O) groups is 3. The second kappa shape index (κ2) is 7.10. The van der Waals surface area contributed by atoms with Crippen LogP contribution in [-0.4, -0.2) is 24.1 Å². The highest BCUT2D eigenvalue weighted by atomic mass is 16.2. The van der Waals surface area contributed by atoms with Crippen molar-refractivity contribution in [2.75, 3.05) is 0 Å². The van der Waals surface area contributed by atoms with Gasteiger partial charge in [0.05, 0.1) is 6.04 Å². The lowest BCUT2D eigenvalue weighted by atomic mass is 10.1. The number of amides is 2. The van der Waals surface area contributed by atoms with E-state index in [1.807, 2.05) is 6.07 Å². The highest BCUT2D eigenvalue weighted by molar-refractivity contribution is 6.39.